The summed E-state index contributed by atoms with van der Waals surface area (Å²) in [5, 5.41) is 4.90. The summed E-state index contributed by atoms with van der Waals surface area (Å²) >= 11 is 5.04. The molecule has 0 aliphatic rings. The third-order valence-corrected chi connectivity index (χ3v) is 6.03. The molecule has 5 nitrogen and oxygen atoms in total. The average Bonchev–Trinajstić information content (AvgIpc) is 3.27. The molecule has 3 amide bonds. The zero-order valence-corrected chi connectivity index (χ0v) is 19.9. The van der Waals surface area contributed by atoms with Gasteiger partial charge in [0, 0.05) is 28.1 Å². The number of halogens is 1. The molecule has 1 aromatic heterocycles. The number of hydrogen-bond donors (Lipinski definition) is 1. The Hall–Kier alpha value is -2.64. The van der Waals surface area contributed by atoms with E-state index < -0.39 is 0 Å². The predicted octanol–water partition coefficient (Wildman–Crippen LogP) is 5.98. The molecule has 2 aromatic carbocycles. The largest absolute Gasteiger partial charge is 0.332 e. The van der Waals surface area contributed by atoms with E-state index in [9.17, 15) is 9.59 Å². The second kappa shape index (κ2) is 11.7. The van der Waals surface area contributed by atoms with Crippen molar-refractivity contribution in [2.24, 2.45) is 0 Å². The highest BCUT2D eigenvalue weighted by Gasteiger charge is 2.22. The van der Waals surface area contributed by atoms with E-state index in [1.165, 1.54) is 0 Å². The predicted molar refractivity (Wildman–Crippen MR) is 130 cm³/mol. The fourth-order valence-electron chi connectivity index (χ4n) is 3.18. The molecule has 0 unspecified atom stereocenters. The molecule has 0 saturated carbocycles. The van der Waals surface area contributed by atoms with E-state index in [1.54, 1.807) is 16.2 Å². The van der Waals surface area contributed by atoms with E-state index in [1.807, 2.05) is 83.9 Å². The molecule has 0 atom stereocenters. The molecular weight excluding hydrogens is 474 g/mol. The SMILES string of the molecule is CCCN(CC(=O)N(Cc1ccccc1)Cc1cccs1)C(=O)Nc1cccc(Br)c1. The molecule has 0 radical (unpaired) electrons. The van der Waals surface area contributed by atoms with Gasteiger partial charge in [-0.1, -0.05) is 65.3 Å². The van der Waals surface area contributed by atoms with E-state index >= 15 is 0 Å². The molecule has 7 heteroatoms. The highest BCUT2D eigenvalue weighted by molar-refractivity contribution is 9.10. The highest BCUT2D eigenvalue weighted by atomic mass is 79.9. The van der Waals surface area contributed by atoms with Crippen molar-refractivity contribution in [1.82, 2.24) is 9.80 Å². The van der Waals surface area contributed by atoms with Crippen LogP contribution in [0.5, 0.6) is 0 Å². The van der Waals surface area contributed by atoms with Gasteiger partial charge < -0.3 is 15.1 Å². The van der Waals surface area contributed by atoms with E-state index in [0.29, 0.717) is 25.3 Å². The number of thiophene rings is 1. The van der Waals surface area contributed by atoms with Crippen molar-refractivity contribution in [3.8, 4) is 0 Å². The van der Waals surface area contributed by atoms with Gasteiger partial charge in [-0.25, -0.2) is 4.79 Å². The first-order valence-corrected chi connectivity index (χ1v) is 11.9. The van der Waals surface area contributed by atoms with Crippen LogP contribution in [0.3, 0.4) is 0 Å². The molecule has 3 rings (SSSR count). The van der Waals surface area contributed by atoms with Gasteiger partial charge in [0.2, 0.25) is 5.91 Å². The average molecular weight is 500 g/mol. The summed E-state index contributed by atoms with van der Waals surface area (Å²) < 4.78 is 0.883. The van der Waals surface area contributed by atoms with Gasteiger partial charge >= 0.3 is 6.03 Å². The zero-order chi connectivity index (χ0) is 22.1. The Labute approximate surface area is 195 Å². The number of nitrogens with one attached hydrogen (secondary N) is 1. The Bertz CT molecular complexity index is 980. The minimum absolute atomic E-state index is 0.0336. The Balaban J connectivity index is 1.72. The third-order valence-electron chi connectivity index (χ3n) is 4.68. The molecule has 1 heterocycles. The monoisotopic (exact) mass is 499 g/mol. The van der Waals surface area contributed by atoms with Crippen LogP contribution in [0, 0.1) is 0 Å². The van der Waals surface area contributed by atoms with E-state index in [4.69, 9.17) is 0 Å². The lowest BCUT2D eigenvalue weighted by Gasteiger charge is -2.27. The molecule has 0 spiro atoms. The smallest absolute Gasteiger partial charge is 0.322 e. The number of rotatable bonds is 9. The molecule has 3 aromatic rings. The topological polar surface area (TPSA) is 52.7 Å². The molecule has 0 bridgehead atoms. The van der Waals surface area contributed by atoms with Crippen LogP contribution in [0.2, 0.25) is 0 Å². The Kier molecular flexibility index (Phi) is 8.67. The summed E-state index contributed by atoms with van der Waals surface area (Å²) in [4.78, 5) is 30.7. The van der Waals surface area contributed by atoms with Gasteiger partial charge in [-0.15, -0.1) is 11.3 Å². The number of urea groups is 1. The summed E-state index contributed by atoms with van der Waals surface area (Å²) in [5.41, 5.74) is 1.75. The van der Waals surface area contributed by atoms with Crippen molar-refractivity contribution in [1.29, 1.82) is 0 Å². The van der Waals surface area contributed by atoms with Crippen LogP contribution in [0.4, 0.5) is 10.5 Å². The fourth-order valence-corrected chi connectivity index (χ4v) is 4.30. The summed E-state index contributed by atoms with van der Waals surface area (Å²) in [5.74, 6) is -0.0740. The second-order valence-electron chi connectivity index (χ2n) is 7.18. The molecular formula is C24H26BrN3O2S. The molecule has 0 saturated heterocycles. The third kappa shape index (κ3) is 7.22. The van der Waals surface area contributed by atoms with Crippen LogP contribution >= 0.6 is 27.3 Å². The maximum atomic E-state index is 13.3. The van der Waals surface area contributed by atoms with Gasteiger partial charge in [-0.3, -0.25) is 4.79 Å². The van der Waals surface area contributed by atoms with Gasteiger partial charge in [0.25, 0.3) is 0 Å². The van der Waals surface area contributed by atoms with Gasteiger partial charge in [0.1, 0.15) is 6.54 Å². The van der Waals surface area contributed by atoms with Crippen LogP contribution in [-0.2, 0) is 17.9 Å². The Morgan fingerprint density at radius 1 is 0.968 bits per heavy atom. The second-order valence-corrected chi connectivity index (χ2v) is 9.12. The quantitative estimate of drug-likeness (QED) is 0.393. The van der Waals surface area contributed by atoms with Gasteiger partial charge in [-0.2, -0.15) is 0 Å². The van der Waals surface area contributed by atoms with Crippen molar-refractivity contribution >= 4 is 44.9 Å². The summed E-state index contributed by atoms with van der Waals surface area (Å²) in [7, 11) is 0. The van der Waals surface area contributed by atoms with Crippen molar-refractivity contribution in [2.45, 2.75) is 26.4 Å². The highest BCUT2D eigenvalue weighted by Crippen LogP contribution is 2.17. The van der Waals surface area contributed by atoms with Crippen LogP contribution in [0.15, 0.2) is 76.6 Å². The number of amides is 3. The van der Waals surface area contributed by atoms with Gasteiger partial charge in [-0.05, 0) is 41.6 Å². The van der Waals surface area contributed by atoms with Crippen LogP contribution < -0.4 is 5.32 Å². The van der Waals surface area contributed by atoms with E-state index in [-0.39, 0.29) is 18.5 Å². The maximum absolute atomic E-state index is 13.3. The number of hydrogen-bond acceptors (Lipinski definition) is 3. The van der Waals surface area contributed by atoms with Gasteiger partial charge in [0.15, 0.2) is 0 Å². The van der Waals surface area contributed by atoms with E-state index in [2.05, 4.69) is 21.2 Å². The minimum atomic E-state index is -0.274. The summed E-state index contributed by atoms with van der Waals surface area (Å²) in [6.07, 6.45) is 0.767. The molecule has 0 fully saturated rings. The first kappa shape index (κ1) is 23.0. The number of carbonyl (C=O) groups is 2. The molecule has 1 N–H and O–H groups in total. The first-order valence-electron chi connectivity index (χ1n) is 10.2. The number of nitrogens with zero attached hydrogens (tertiary/aromatic N) is 2. The zero-order valence-electron chi connectivity index (χ0n) is 17.5. The summed E-state index contributed by atoms with van der Waals surface area (Å²) in [6, 6.07) is 21.1. The fraction of sp³-hybridized carbons (Fsp3) is 0.250. The van der Waals surface area contributed by atoms with Crippen molar-refractivity contribution in [3.05, 3.63) is 87.0 Å². The Morgan fingerprint density at radius 2 is 1.77 bits per heavy atom. The van der Waals surface area contributed by atoms with E-state index in [0.717, 1.165) is 21.3 Å². The normalized spacial score (nSPS) is 10.5. The van der Waals surface area contributed by atoms with Crippen molar-refractivity contribution in [2.75, 3.05) is 18.4 Å². The molecule has 162 valence electrons. The van der Waals surface area contributed by atoms with Gasteiger partial charge in [0.05, 0.1) is 6.54 Å². The van der Waals surface area contributed by atoms with Crippen LogP contribution in [0.1, 0.15) is 23.8 Å². The number of carbonyl (C=O) groups excluding carboxylic acids is 2. The Morgan fingerprint density at radius 3 is 2.45 bits per heavy atom. The first-order chi connectivity index (χ1) is 15.0. The maximum Gasteiger partial charge on any atom is 0.322 e. The van der Waals surface area contributed by atoms with Crippen LogP contribution in [0.25, 0.3) is 0 Å². The molecule has 31 heavy (non-hydrogen) atoms. The standard InChI is InChI=1S/C24H26BrN3O2S/c1-2-13-27(24(30)26-21-11-6-10-20(25)15-21)18-23(29)28(17-22-12-7-14-31-22)16-19-8-4-3-5-9-19/h3-12,14-15H,2,13,16-18H2,1H3,(H,26,30). The molecule has 0 aliphatic heterocycles. The van der Waals surface area contributed by atoms with Crippen molar-refractivity contribution in [3.63, 3.8) is 0 Å². The minimum Gasteiger partial charge on any atom is -0.332 e. The number of anilines is 1. The lowest BCUT2D eigenvalue weighted by atomic mass is 10.2. The van der Waals surface area contributed by atoms with Crippen LogP contribution in [-0.4, -0.2) is 34.8 Å². The summed E-state index contributed by atoms with van der Waals surface area (Å²) in [6.45, 7) is 3.57. The van der Waals surface area contributed by atoms with Crippen molar-refractivity contribution < 1.29 is 9.59 Å². The molecule has 0 aliphatic carbocycles. The lowest BCUT2D eigenvalue weighted by molar-refractivity contribution is -0.133. The number of benzene rings is 2. The lowest BCUT2D eigenvalue weighted by Crippen LogP contribution is -2.44.